The van der Waals surface area contributed by atoms with E-state index >= 15 is 0 Å². The van der Waals surface area contributed by atoms with Gasteiger partial charge in [0.2, 0.25) is 0 Å². The summed E-state index contributed by atoms with van der Waals surface area (Å²) in [7, 11) is 4.35. The fourth-order valence-corrected chi connectivity index (χ4v) is 3.64. The van der Waals surface area contributed by atoms with Gasteiger partial charge in [-0.2, -0.15) is 0 Å². The Morgan fingerprint density at radius 2 is 1.78 bits per heavy atom. The summed E-state index contributed by atoms with van der Waals surface area (Å²) in [6, 6.07) is 0.333. The Balaban J connectivity index is 1.86. The van der Waals surface area contributed by atoms with Gasteiger partial charge in [0.15, 0.2) is 0 Å². The maximum Gasteiger partial charge on any atom is 0.0710 e. The van der Waals surface area contributed by atoms with E-state index in [1.807, 2.05) is 0 Å². The minimum absolute atomic E-state index is 0.140. The van der Waals surface area contributed by atoms with Crippen LogP contribution < -0.4 is 0 Å². The molecule has 0 bridgehead atoms. The van der Waals surface area contributed by atoms with E-state index in [0.717, 1.165) is 32.0 Å². The molecule has 2 aliphatic rings. The first-order valence-corrected chi connectivity index (χ1v) is 7.73. The van der Waals surface area contributed by atoms with E-state index in [2.05, 4.69) is 23.9 Å². The molecule has 1 heterocycles. The molecular formula is C15H30N2O. The topological polar surface area (TPSA) is 26.7 Å². The average Bonchev–Trinajstić information content (AvgIpc) is 2.52. The Kier molecular flexibility index (Phi) is 5.46. The monoisotopic (exact) mass is 254 g/mol. The second-order valence-electron chi connectivity index (χ2n) is 6.47. The van der Waals surface area contributed by atoms with Gasteiger partial charge in [0.25, 0.3) is 0 Å². The van der Waals surface area contributed by atoms with Gasteiger partial charge >= 0.3 is 0 Å². The van der Waals surface area contributed by atoms with Crippen LogP contribution in [0.1, 0.15) is 44.9 Å². The zero-order valence-electron chi connectivity index (χ0n) is 12.1. The molecule has 1 saturated heterocycles. The Bertz CT molecular complexity index is 241. The molecule has 2 unspecified atom stereocenters. The summed E-state index contributed by atoms with van der Waals surface area (Å²) >= 11 is 0. The number of hydrogen-bond donors (Lipinski definition) is 1. The molecule has 1 aliphatic carbocycles. The zero-order chi connectivity index (χ0) is 13.0. The number of aliphatic hydroxyl groups is 1. The van der Waals surface area contributed by atoms with Gasteiger partial charge < -0.3 is 10.0 Å². The van der Waals surface area contributed by atoms with E-state index in [9.17, 15) is 5.11 Å². The van der Waals surface area contributed by atoms with Crippen molar-refractivity contribution >= 4 is 0 Å². The van der Waals surface area contributed by atoms with Gasteiger partial charge in [-0.25, -0.2) is 0 Å². The Morgan fingerprint density at radius 1 is 1.06 bits per heavy atom. The highest BCUT2D eigenvalue weighted by Crippen LogP contribution is 2.28. The van der Waals surface area contributed by atoms with Crippen LogP contribution in [0.2, 0.25) is 0 Å². The minimum atomic E-state index is -0.140. The van der Waals surface area contributed by atoms with Crippen LogP contribution in [0.5, 0.6) is 0 Å². The normalized spacial score (nSPS) is 31.2. The maximum absolute atomic E-state index is 10.6. The van der Waals surface area contributed by atoms with Gasteiger partial charge in [-0.05, 0) is 45.9 Å². The van der Waals surface area contributed by atoms with Crippen molar-refractivity contribution < 1.29 is 5.11 Å². The summed E-state index contributed by atoms with van der Waals surface area (Å²) in [4.78, 5) is 4.75. The molecule has 3 nitrogen and oxygen atoms in total. The molecule has 2 fully saturated rings. The summed E-state index contributed by atoms with van der Waals surface area (Å²) in [5.74, 6) is 0.774. The lowest BCUT2D eigenvalue weighted by atomic mass is 9.84. The molecule has 1 N–H and O–H groups in total. The average molecular weight is 254 g/mol. The van der Waals surface area contributed by atoms with Crippen LogP contribution in [0.4, 0.5) is 0 Å². The van der Waals surface area contributed by atoms with Crippen LogP contribution in [-0.4, -0.2) is 60.8 Å². The van der Waals surface area contributed by atoms with Crippen molar-refractivity contribution in [3.63, 3.8) is 0 Å². The maximum atomic E-state index is 10.6. The van der Waals surface area contributed by atoms with Crippen molar-refractivity contribution in [2.45, 2.75) is 57.1 Å². The summed E-state index contributed by atoms with van der Waals surface area (Å²) in [5.41, 5.74) is 0. The van der Waals surface area contributed by atoms with Gasteiger partial charge in [0.1, 0.15) is 0 Å². The first-order chi connectivity index (χ1) is 8.66. The van der Waals surface area contributed by atoms with E-state index in [4.69, 9.17) is 0 Å². The van der Waals surface area contributed by atoms with E-state index in [0.29, 0.717) is 6.04 Å². The fourth-order valence-electron chi connectivity index (χ4n) is 3.64. The summed E-state index contributed by atoms with van der Waals surface area (Å²) in [6.45, 7) is 3.30. The Labute approximate surface area is 112 Å². The number of likely N-dealkylation sites (N-methyl/N-ethyl adjacent to an activating group) is 2. The minimum Gasteiger partial charge on any atom is -0.391 e. The number of aliphatic hydroxyl groups excluding tert-OH is 1. The van der Waals surface area contributed by atoms with Gasteiger partial charge in [-0.15, -0.1) is 0 Å². The fraction of sp³-hybridized carbons (Fsp3) is 1.00. The molecule has 0 aromatic heterocycles. The molecule has 0 aromatic rings. The SMILES string of the molecule is CN1CCCN(C)C(C(O)CC2CCCCC2)C1. The molecule has 3 heteroatoms. The summed E-state index contributed by atoms with van der Waals surface area (Å²) < 4.78 is 0. The molecule has 2 atom stereocenters. The first kappa shape index (κ1) is 14.3. The van der Waals surface area contributed by atoms with Crippen LogP contribution >= 0.6 is 0 Å². The number of hydrogen-bond acceptors (Lipinski definition) is 3. The van der Waals surface area contributed by atoms with Crippen LogP contribution in [0.3, 0.4) is 0 Å². The quantitative estimate of drug-likeness (QED) is 0.834. The van der Waals surface area contributed by atoms with Crippen LogP contribution in [0, 0.1) is 5.92 Å². The standard InChI is InChI=1S/C15H30N2O/c1-16-9-6-10-17(2)14(12-16)15(18)11-13-7-4-3-5-8-13/h13-15,18H,3-12H2,1-2H3. The molecule has 0 radical (unpaired) electrons. The molecule has 0 amide bonds. The summed E-state index contributed by atoms with van der Waals surface area (Å²) in [5, 5.41) is 10.6. The second kappa shape index (κ2) is 6.88. The third-order valence-electron chi connectivity index (χ3n) is 4.86. The Morgan fingerprint density at radius 3 is 2.50 bits per heavy atom. The lowest BCUT2D eigenvalue weighted by Crippen LogP contribution is -2.46. The van der Waals surface area contributed by atoms with Crippen LogP contribution in [0.15, 0.2) is 0 Å². The lowest BCUT2D eigenvalue weighted by Gasteiger charge is -2.34. The van der Waals surface area contributed by atoms with E-state index in [-0.39, 0.29) is 6.10 Å². The van der Waals surface area contributed by atoms with Crippen molar-refractivity contribution in [2.75, 3.05) is 33.7 Å². The van der Waals surface area contributed by atoms with Crippen molar-refractivity contribution in [3.8, 4) is 0 Å². The first-order valence-electron chi connectivity index (χ1n) is 7.73. The second-order valence-corrected chi connectivity index (χ2v) is 6.47. The molecule has 1 saturated carbocycles. The zero-order valence-corrected chi connectivity index (χ0v) is 12.1. The van der Waals surface area contributed by atoms with E-state index in [1.54, 1.807) is 0 Å². The highest BCUT2D eigenvalue weighted by Gasteiger charge is 2.29. The smallest absolute Gasteiger partial charge is 0.0710 e. The highest BCUT2D eigenvalue weighted by atomic mass is 16.3. The predicted molar refractivity (Wildman–Crippen MR) is 75.7 cm³/mol. The third-order valence-corrected chi connectivity index (χ3v) is 4.86. The van der Waals surface area contributed by atoms with Crippen molar-refractivity contribution in [2.24, 2.45) is 5.92 Å². The van der Waals surface area contributed by atoms with E-state index < -0.39 is 0 Å². The van der Waals surface area contributed by atoms with Crippen LogP contribution in [-0.2, 0) is 0 Å². The molecule has 2 rings (SSSR count). The molecule has 106 valence electrons. The van der Waals surface area contributed by atoms with Crippen molar-refractivity contribution in [1.29, 1.82) is 0 Å². The molecule has 18 heavy (non-hydrogen) atoms. The van der Waals surface area contributed by atoms with Gasteiger partial charge in [0, 0.05) is 12.6 Å². The third kappa shape index (κ3) is 3.94. The predicted octanol–water partition coefficient (Wildman–Crippen LogP) is 1.95. The number of rotatable bonds is 3. The number of nitrogens with zero attached hydrogens (tertiary/aromatic N) is 2. The summed E-state index contributed by atoms with van der Waals surface area (Å²) in [6.07, 6.45) is 8.92. The van der Waals surface area contributed by atoms with Gasteiger partial charge in [-0.1, -0.05) is 32.1 Å². The van der Waals surface area contributed by atoms with Crippen molar-refractivity contribution in [3.05, 3.63) is 0 Å². The Hall–Kier alpha value is -0.120. The highest BCUT2D eigenvalue weighted by molar-refractivity contribution is 4.84. The molecular weight excluding hydrogens is 224 g/mol. The van der Waals surface area contributed by atoms with Gasteiger partial charge in [0.05, 0.1) is 6.10 Å². The lowest BCUT2D eigenvalue weighted by molar-refractivity contribution is 0.0359. The van der Waals surface area contributed by atoms with E-state index in [1.165, 1.54) is 38.5 Å². The molecule has 0 aromatic carbocycles. The van der Waals surface area contributed by atoms with Gasteiger partial charge in [-0.3, -0.25) is 4.90 Å². The molecule has 1 aliphatic heterocycles. The van der Waals surface area contributed by atoms with Crippen molar-refractivity contribution in [1.82, 2.24) is 9.80 Å². The molecule has 0 spiro atoms. The van der Waals surface area contributed by atoms with Crippen LogP contribution in [0.25, 0.3) is 0 Å². The largest absolute Gasteiger partial charge is 0.391 e.